The molecule has 11 heteroatoms. The predicted molar refractivity (Wildman–Crippen MR) is 145 cm³/mol. The van der Waals surface area contributed by atoms with Crippen LogP contribution in [-0.2, 0) is 19.7 Å². The molecule has 11 atom stereocenters. The van der Waals surface area contributed by atoms with Crippen molar-refractivity contribution in [2.75, 3.05) is 18.8 Å². The lowest BCUT2D eigenvalue weighted by Gasteiger charge is -2.63. The van der Waals surface area contributed by atoms with Crippen molar-refractivity contribution in [2.45, 2.75) is 96.9 Å². The predicted octanol–water partition coefficient (Wildman–Crippen LogP) is 1.48. The van der Waals surface area contributed by atoms with Gasteiger partial charge in [-0.05, 0) is 97.7 Å². The van der Waals surface area contributed by atoms with Gasteiger partial charge in [-0.2, -0.15) is 8.42 Å². The second-order valence-corrected chi connectivity index (χ2v) is 15.0. The summed E-state index contributed by atoms with van der Waals surface area (Å²) < 4.78 is 30.2. The van der Waals surface area contributed by atoms with Crippen LogP contribution >= 0.6 is 0 Å². The van der Waals surface area contributed by atoms with E-state index < -0.39 is 34.0 Å². The van der Waals surface area contributed by atoms with Crippen molar-refractivity contribution in [1.29, 1.82) is 0 Å². The molecule has 10 nitrogen and oxygen atoms in total. The molecule has 0 spiro atoms. The topological polar surface area (TPSA) is 173 Å². The molecule has 0 bridgehead atoms. The molecular formula is C28H48N2O8S. The van der Waals surface area contributed by atoms with Crippen LogP contribution < -0.4 is 10.6 Å². The van der Waals surface area contributed by atoms with E-state index in [1.54, 1.807) is 0 Å². The summed E-state index contributed by atoms with van der Waals surface area (Å²) >= 11 is 0. The Bertz CT molecular complexity index is 1020. The summed E-state index contributed by atoms with van der Waals surface area (Å²) in [5.41, 5.74) is -0.297. The van der Waals surface area contributed by atoms with Crippen LogP contribution in [0.5, 0.6) is 0 Å². The van der Waals surface area contributed by atoms with E-state index in [0.717, 1.165) is 38.5 Å². The molecular weight excluding hydrogens is 524 g/mol. The van der Waals surface area contributed by atoms with E-state index in [2.05, 4.69) is 31.4 Å². The van der Waals surface area contributed by atoms with Crippen molar-refractivity contribution in [2.24, 2.45) is 46.3 Å². The summed E-state index contributed by atoms with van der Waals surface area (Å²) in [5.74, 6) is -0.0801. The molecule has 4 aliphatic carbocycles. The van der Waals surface area contributed by atoms with E-state index in [1.807, 2.05) is 0 Å². The first kappa shape index (κ1) is 30.7. The van der Waals surface area contributed by atoms with Gasteiger partial charge in [0.25, 0.3) is 10.1 Å². The molecule has 0 aromatic carbocycles. The number of fused-ring (bicyclic) bond motifs is 5. The Hall–Kier alpha value is -1.27. The smallest absolute Gasteiger partial charge is 0.266 e. The van der Waals surface area contributed by atoms with Crippen molar-refractivity contribution in [3.05, 3.63) is 0 Å². The lowest BCUT2D eigenvalue weighted by atomic mass is 9.43. The molecule has 4 saturated carbocycles. The van der Waals surface area contributed by atoms with Gasteiger partial charge in [-0.25, -0.2) is 0 Å². The maximum absolute atomic E-state index is 12.4. The first-order chi connectivity index (χ1) is 18.2. The van der Waals surface area contributed by atoms with Crippen LogP contribution in [0.4, 0.5) is 0 Å². The highest BCUT2D eigenvalue weighted by Crippen LogP contribution is 2.68. The summed E-state index contributed by atoms with van der Waals surface area (Å²) in [4.78, 5) is 24.2. The molecule has 6 N–H and O–H groups in total. The zero-order valence-corrected chi connectivity index (χ0v) is 24.3. The number of carbonyl (C=O) groups excluding carboxylic acids is 2. The minimum Gasteiger partial charge on any atom is -0.393 e. The molecule has 0 unspecified atom stereocenters. The van der Waals surface area contributed by atoms with Gasteiger partial charge in [-0.3, -0.25) is 14.1 Å². The van der Waals surface area contributed by atoms with E-state index in [9.17, 15) is 33.3 Å². The Balaban J connectivity index is 1.33. The minimum atomic E-state index is -4.16. The first-order valence-corrected chi connectivity index (χ1v) is 16.3. The Morgan fingerprint density at radius 3 is 2.38 bits per heavy atom. The number of carbonyl (C=O) groups is 2. The summed E-state index contributed by atoms with van der Waals surface area (Å²) in [6, 6.07) is 0. The molecule has 2 amide bonds. The van der Waals surface area contributed by atoms with E-state index in [-0.39, 0.29) is 77.9 Å². The van der Waals surface area contributed by atoms with Crippen LogP contribution in [0.3, 0.4) is 0 Å². The quantitative estimate of drug-likeness (QED) is 0.225. The minimum absolute atomic E-state index is 0.0336. The second kappa shape index (κ2) is 11.5. The highest BCUT2D eigenvalue weighted by molar-refractivity contribution is 7.85. The van der Waals surface area contributed by atoms with Crippen LogP contribution in [-0.4, -0.2) is 77.3 Å². The maximum Gasteiger partial charge on any atom is 0.266 e. The summed E-state index contributed by atoms with van der Waals surface area (Å²) in [6.45, 7) is 6.15. The Labute approximate surface area is 232 Å². The van der Waals surface area contributed by atoms with Crippen molar-refractivity contribution >= 4 is 21.9 Å². The number of amides is 2. The molecule has 0 aromatic rings. The number of hydrogen-bond acceptors (Lipinski definition) is 7. The van der Waals surface area contributed by atoms with Crippen LogP contribution in [0, 0.1) is 46.3 Å². The van der Waals surface area contributed by atoms with Crippen LogP contribution in [0.1, 0.15) is 78.6 Å². The van der Waals surface area contributed by atoms with Crippen LogP contribution in [0.25, 0.3) is 0 Å². The molecule has 0 radical (unpaired) electrons. The number of nitrogens with one attached hydrogen (secondary N) is 2. The number of aliphatic hydroxyl groups excluding tert-OH is 3. The highest BCUT2D eigenvalue weighted by Gasteiger charge is 2.65. The zero-order valence-electron chi connectivity index (χ0n) is 23.5. The summed E-state index contributed by atoms with van der Waals surface area (Å²) in [7, 11) is -4.16. The van der Waals surface area contributed by atoms with Crippen LogP contribution in [0.2, 0.25) is 0 Å². The lowest BCUT2D eigenvalue weighted by molar-refractivity contribution is -0.207. The Kier molecular flexibility index (Phi) is 9.08. The van der Waals surface area contributed by atoms with Crippen molar-refractivity contribution < 1.29 is 37.9 Å². The normalized spacial score (nSPS) is 42.5. The number of hydrogen-bond donors (Lipinski definition) is 6. The van der Waals surface area contributed by atoms with Gasteiger partial charge in [0.1, 0.15) is 0 Å². The third-order valence-corrected chi connectivity index (χ3v) is 12.2. The van der Waals surface area contributed by atoms with Gasteiger partial charge >= 0.3 is 0 Å². The van der Waals surface area contributed by atoms with E-state index >= 15 is 0 Å². The number of aliphatic hydroxyl groups is 3. The largest absolute Gasteiger partial charge is 0.393 e. The first-order valence-electron chi connectivity index (χ1n) is 14.7. The fraction of sp³-hybridized carbons (Fsp3) is 0.929. The van der Waals surface area contributed by atoms with Gasteiger partial charge in [-0.1, -0.05) is 20.8 Å². The molecule has 0 saturated heterocycles. The maximum atomic E-state index is 12.4. The number of rotatable bonds is 9. The molecule has 4 rings (SSSR count). The third-order valence-electron chi connectivity index (χ3n) is 11.5. The van der Waals surface area contributed by atoms with Gasteiger partial charge in [0.05, 0.1) is 30.6 Å². The fourth-order valence-corrected chi connectivity index (χ4v) is 9.70. The molecule has 0 aromatic heterocycles. The molecule has 0 heterocycles. The summed E-state index contributed by atoms with van der Waals surface area (Å²) in [5, 5.41) is 38.3. The van der Waals surface area contributed by atoms with Gasteiger partial charge < -0.3 is 26.0 Å². The average Bonchev–Trinajstić information content (AvgIpc) is 3.20. The van der Waals surface area contributed by atoms with Gasteiger partial charge in [-0.15, -0.1) is 0 Å². The molecule has 4 aliphatic rings. The second-order valence-electron chi connectivity index (χ2n) is 13.5. The Morgan fingerprint density at radius 2 is 1.69 bits per heavy atom. The molecule has 224 valence electrons. The van der Waals surface area contributed by atoms with Gasteiger partial charge in [0.2, 0.25) is 11.8 Å². The monoisotopic (exact) mass is 572 g/mol. The van der Waals surface area contributed by atoms with E-state index in [1.165, 1.54) is 0 Å². The third kappa shape index (κ3) is 6.17. The van der Waals surface area contributed by atoms with Crippen molar-refractivity contribution in [3.8, 4) is 0 Å². The average molecular weight is 573 g/mol. The van der Waals surface area contributed by atoms with Gasteiger partial charge in [0.15, 0.2) is 0 Å². The molecule has 4 fully saturated rings. The van der Waals surface area contributed by atoms with Crippen molar-refractivity contribution in [1.82, 2.24) is 10.6 Å². The molecule has 0 aliphatic heterocycles. The fourth-order valence-electron chi connectivity index (χ4n) is 9.34. The van der Waals surface area contributed by atoms with E-state index in [4.69, 9.17) is 4.55 Å². The standard InChI is InChI=1S/C28H48N2O8S/c1-16(4-7-24(34)30-15-25(35)29-10-11-39(36,37)38)19-5-6-20-26-21(14-23(33)28(19,20)3)27(2)9-8-18(31)12-17(27)13-22(26)32/h16-23,26,31-33H,4-15H2,1-3H3,(H,29,35)(H,30,34)(H,36,37,38)/t16-,17+,18-,19-,20+,21+,22-,23+,26+,27+,28-/m0/s1. The van der Waals surface area contributed by atoms with Crippen LogP contribution in [0.15, 0.2) is 0 Å². The zero-order chi connectivity index (χ0) is 28.8. The highest BCUT2D eigenvalue weighted by atomic mass is 32.2. The van der Waals surface area contributed by atoms with Gasteiger partial charge in [0, 0.05) is 13.0 Å². The SMILES string of the molecule is C[C@@H](CCC(=O)NCC(=O)NCCS(=O)(=O)O)[C@@H]1CC[C@@H]2[C@@H]3[C@@H](C[C@@H](O)[C@]21C)[C@]1(C)CC[C@H](O)C[C@@H]1C[C@@H]3O. The molecule has 39 heavy (non-hydrogen) atoms. The summed E-state index contributed by atoms with van der Waals surface area (Å²) in [6.07, 6.45) is 5.44. The van der Waals surface area contributed by atoms with E-state index in [0.29, 0.717) is 12.8 Å². The Morgan fingerprint density at radius 1 is 0.974 bits per heavy atom. The lowest BCUT2D eigenvalue weighted by Crippen LogP contribution is -2.62. The van der Waals surface area contributed by atoms with Crippen molar-refractivity contribution in [3.63, 3.8) is 0 Å².